The minimum absolute atomic E-state index is 0.184. The van der Waals surface area contributed by atoms with Crippen LogP contribution in [0.15, 0.2) is 16.8 Å². The van der Waals surface area contributed by atoms with Crippen LogP contribution >= 0.6 is 0 Å². The highest BCUT2D eigenvalue weighted by Gasteiger charge is 2.39. The maximum absolute atomic E-state index is 12.1. The van der Waals surface area contributed by atoms with Crippen LogP contribution in [0.4, 0.5) is 0 Å². The van der Waals surface area contributed by atoms with Crippen LogP contribution in [-0.4, -0.2) is 11.1 Å². The minimum Gasteiger partial charge on any atom is -0.360 e. The van der Waals surface area contributed by atoms with Gasteiger partial charge < -0.3 is 9.84 Å². The van der Waals surface area contributed by atoms with Gasteiger partial charge in [0.05, 0.1) is 18.8 Å². The van der Waals surface area contributed by atoms with Crippen molar-refractivity contribution < 1.29 is 9.32 Å². The highest BCUT2D eigenvalue weighted by Crippen LogP contribution is 2.35. The molecule has 17 heavy (non-hydrogen) atoms. The largest absolute Gasteiger partial charge is 0.360 e. The Labute approximate surface area is 99.8 Å². The minimum atomic E-state index is -0.835. The van der Waals surface area contributed by atoms with Crippen LogP contribution in [0.2, 0.25) is 0 Å². The van der Waals surface area contributed by atoms with Crippen molar-refractivity contribution in [3.8, 4) is 6.07 Å². The molecule has 90 valence electrons. The molecule has 0 bridgehead atoms. The molecule has 1 saturated carbocycles. The second-order valence-corrected chi connectivity index (χ2v) is 4.42. The van der Waals surface area contributed by atoms with E-state index in [1.54, 1.807) is 6.07 Å². The zero-order valence-electron chi connectivity index (χ0n) is 9.61. The molecule has 1 heterocycles. The maximum Gasteiger partial charge on any atom is 0.240 e. The number of nitrogens with zero attached hydrogens (tertiary/aromatic N) is 2. The molecule has 0 spiro atoms. The van der Waals surface area contributed by atoms with Crippen LogP contribution in [0.3, 0.4) is 0 Å². The van der Waals surface area contributed by atoms with E-state index in [4.69, 9.17) is 4.52 Å². The molecule has 0 aromatic carbocycles. The molecule has 5 heteroatoms. The third-order valence-corrected chi connectivity index (χ3v) is 3.27. The molecule has 5 nitrogen and oxygen atoms in total. The molecule has 1 aliphatic carbocycles. The molecule has 0 unspecified atom stereocenters. The second kappa shape index (κ2) is 5.00. The van der Waals surface area contributed by atoms with E-state index in [1.165, 1.54) is 6.20 Å². The van der Waals surface area contributed by atoms with Crippen molar-refractivity contribution in [1.29, 1.82) is 5.26 Å². The molecule has 1 fully saturated rings. The van der Waals surface area contributed by atoms with Crippen LogP contribution < -0.4 is 5.32 Å². The van der Waals surface area contributed by atoms with E-state index in [2.05, 4.69) is 16.5 Å². The van der Waals surface area contributed by atoms with Crippen LogP contribution in [0.5, 0.6) is 0 Å². The second-order valence-electron chi connectivity index (χ2n) is 4.42. The van der Waals surface area contributed by atoms with Crippen molar-refractivity contribution in [1.82, 2.24) is 10.5 Å². The van der Waals surface area contributed by atoms with Gasteiger partial charge in [-0.3, -0.25) is 4.79 Å². The summed E-state index contributed by atoms with van der Waals surface area (Å²) in [5.41, 5.74) is -0.835. The summed E-state index contributed by atoms with van der Waals surface area (Å²) < 4.78 is 4.89. The Kier molecular flexibility index (Phi) is 3.43. The van der Waals surface area contributed by atoms with Gasteiger partial charge in [-0.1, -0.05) is 24.4 Å². The molecule has 1 aromatic rings. The SMILES string of the molecule is N#CC1(C(=O)NCc2ccno2)CCCCC1. The van der Waals surface area contributed by atoms with Crippen LogP contribution in [0.25, 0.3) is 0 Å². The summed E-state index contributed by atoms with van der Waals surface area (Å²) in [4.78, 5) is 12.1. The van der Waals surface area contributed by atoms with Crippen LogP contribution in [0.1, 0.15) is 37.9 Å². The van der Waals surface area contributed by atoms with Gasteiger partial charge in [0, 0.05) is 6.07 Å². The lowest BCUT2D eigenvalue weighted by atomic mass is 9.74. The topological polar surface area (TPSA) is 78.9 Å². The standard InChI is InChI=1S/C12H15N3O2/c13-9-12(5-2-1-3-6-12)11(16)14-8-10-4-7-15-17-10/h4,7H,1-3,5-6,8H2,(H,14,16). The van der Waals surface area contributed by atoms with E-state index < -0.39 is 5.41 Å². The molecule has 1 aliphatic rings. The number of amides is 1. The molecule has 0 atom stereocenters. The Hall–Kier alpha value is -1.83. The van der Waals surface area contributed by atoms with Crippen molar-refractivity contribution in [2.45, 2.75) is 38.6 Å². The summed E-state index contributed by atoms with van der Waals surface area (Å²) in [6, 6.07) is 3.88. The summed E-state index contributed by atoms with van der Waals surface area (Å²) in [6.07, 6.45) is 5.85. The first-order valence-electron chi connectivity index (χ1n) is 5.86. The van der Waals surface area contributed by atoms with Crippen molar-refractivity contribution in [2.24, 2.45) is 5.41 Å². The Morgan fingerprint density at radius 1 is 1.53 bits per heavy atom. The van der Waals surface area contributed by atoms with Crippen LogP contribution in [-0.2, 0) is 11.3 Å². The van der Waals surface area contributed by atoms with Gasteiger partial charge in [0.15, 0.2) is 5.76 Å². The smallest absolute Gasteiger partial charge is 0.240 e. The molecule has 0 radical (unpaired) electrons. The number of rotatable bonds is 3. The van der Waals surface area contributed by atoms with E-state index >= 15 is 0 Å². The average molecular weight is 233 g/mol. The summed E-state index contributed by atoms with van der Waals surface area (Å²) in [6.45, 7) is 0.294. The van der Waals surface area contributed by atoms with Gasteiger partial charge in [-0.25, -0.2) is 0 Å². The Morgan fingerprint density at radius 3 is 2.88 bits per heavy atom. The number of hydrogen-bond donors (Lipinski definition) is 1. The Bertz CT molecular complexity index is 413. The molecule has 1 amide bonds. The first kappa shape index (κ1) is 11.6. The van der Waals surface area contributed by atoms with E-state index in [0.29, 0.717) is 25.1 Å². The lowest BCUT2D eigenvalue weighted by Gasteiger charge is -2.28. The highest BCUT2D eigenvalue weighted by molar-refractivity contribution is 5.85. The summed E-state index contributed by atoms with van der Waals surface area (Å²) in [5.74, 6) is 0.415. The third-order valence-electron chi connectivity index (χ3n) is 3.27. The fourth-order valence-corrected chi connectivity index (χ4v) is 2.21. The van der Waals surface area contributed by atoms with Crippen molar-refractivity contribution in [3.63, 3.8) is 0 Å². The number of carbonyl (C=O) groups is 1. The molecule has 1 aromatic heterocycles. The van der Waals surface area contributed by atoms with Crippen molar-refractivity contribution in [3.05, 3.63) is 18.0 Å². The van der Waals surface area contributed by atoms with Gasteiger partial charge in [0.2, 0.25) is 5.91 Å². The van der Waals surface area contributed by atoms with E-state index in [-0.39, 0.29) is 5.91 Å². The first-order chi connectivity index (χ1) is 8.27. The first-order valence-corrected chi connectivity index (χ1v) is 5.86. The Morgan fingerprint density at radius 2 is 2.29 bits per heavy atom. The van der Waals surface area contributed by atoms with Gasteiger partial charge in [0.25, 0.3) is 0 Å². The summed E-state index contributed by atoms with van der Waals surface area (Å²) in [5, 5.41) is 15.5. The van der Waals surface area contributed by atoms with Gasteiger partial charge in [-0.15, -0.1) is 0 Å². The molecule has 2 rings (SSSR count). The Balaban J connectivity index is 1.96. The van der Waals surface area contributed by atoms with E-state index in [0.717, 1.165) is 19.3 Å². The van der Waals surface area contributed by atoms with Crippen LogP contribution in [0, 0.1) is 16.7 Å². The number of nitriles is 1. The molecule has 1 N–H and O–H groups in total. The molecule has 0 saturated heterocycles. The fourth-order valence-electron chi connectivity index (χ4n) is 2.21. The predicted molar refractivity (Wildman–Crippen MR) is 59.5 cm³/mol. The lowest BCUT2D eigenvalue weighted by molar-refractivity contribution is -0.129. The van der Waals surface area contributed by atoms with Gasteiger partial charge in [0.1, 0.15) is 5.41 Å². The van der Waals surface area contributed by atoms with Gasteiger partial charge in [-0.05, 0) is 12.8 Å². The number of nitrogens with one attached hydrogen (secondary N) is 1. The van der Waals surface area contributed by atoms with E-state index in [9.17, 15) is 10.1 Å². The monoisotopic (exact) mass is 233 g/mol. The zero-order valence-corrected chi connectivity index (χ0v) is 9.61. The normalized spacial score (nSPS) is 18.3. The van der Waals surface area contributed by atoms with Gasteiger partial charge >= 0.3 is 0 Å². The maximum atomic E-state index is 12.1. The summed E-state index contributed by atoms with van der Waals surface area (Å²) in [7, 11) is 0. The quantitative estimate of drug-likeness (QED) is 0.862. The number of aromatic nitrogens is 1. The third kappa shape index (κ3) is 2.47. The lowest BCUT2D eigenvalue weighted by Crippen LogP contribution is -2.41. The molecular weight excluding hydrogens is 218 g/mol. The van der Waals surface area contributed by atoms with Gasteiger partial charge in [-0.2, -0.15) is 5.26 Å². The number of carbonyl (C=O) groups excluding carboxylic acids is 1. The fraction of sp³-hybridized carbons (Fsp3) is 0.583. The molecular formula is C12H15N3O2. The molecule has 0 aliphatic heterocycles. The van der Waals surface area contributed by atoms with Crippen molar-refractivity contribution in [2.75, 3.05) is 0 Å². The highest BCUT2D eigenvalue weighted by atomic mass is 16.5. The number of hydrogen-bond acceptors (Lipinski definition) is 4. The summed E-state index contributed by atoms with van der Waals surface area (Å²) >= 11 is 0. The van der Waals surface area contributed by atoms with Crippen molar-refractivity contribution >= 4 is 5.91 Å². The average Bonchev–Trinajstić information content (AvgIpc) is 2.90. The predicted octanol–water partition coefficient (Wildman–Crippen LogP) is 1.76. The van der Waals surface area contributed by atoms with E-state index in [1.807, 2.05) is 0 Å². The zero-order chi connectivity index (χ0) is 12.1.